The molecule has 2 aromatic heterocycles. The van der Waals surface area contributed by atoms with E-state index in [1.54, 1.807) is 4.90 Å². The van der Waals surface area contributed by atoms with Gasteiger partial charge in [0.15, 0.2) is 12.3 Å². The summed E-state index contributed by atoms with van der Waals surface area (Å²) in [5, 5.41) is 3.95. The van der Waals surface area contributed by atoms with Crippen molar-refractivity contribution in [3.05, 3.63) is 51.7 Å². The van der Waals surface area contributed by atoms with E-state index < -0.39 is 18.4 Å². The van der Waals surface area contributed by atoms with Crippen molar-refractivity contribution in [2.75, 3.05) is 19.7 Å². The number of aryl methyl sites for hydroxylation is 1. The Balaban J connectivity index is 1.59. The minimum Gasteiger partial charge on any atom is -0.453 e. The Morgan fingerprint density at radius 1 is 1.21 bits per heavy atom. The summed E-state index contributed by atoms with van der Waals surface area (Å²) in [5.74, 6) is -1.37. The highest BCUT2D eigenvalue weighted by atomic mass is 16.5. The summed E-state index contributed by atoms with van der Waals surface area (Å²) in [6, 6.07) is 3.98. The van der Waals surface area contributed by atoms with Gasteiger partial charge in [-0.2, -0.15) is 5.10 Å². The van der Waals surface area contributed by atoms with E-state index in [1.807, 2.05) is 6.92 Å². The minimum absolute atomic E-state index is 0.0418. The average Bonchev–Trinajstić information content (AvgIpc) is 3.39. The summed E-state index contributed by atoms with van der Waals surface area (Å²) in [5.41, 5.74) is 0.251. The number of esters is 1. The summed E-state index contributed by atoms with van der Waals surface area (Å²) < 4.78 is 6.19. The molecule has 0 aliphatic carbocycles. The van der Waals surface area contributed by atoms with Gasteiger partial charge in [0, 0.05) is 37.5 Å². The Hall–Kier alpha value is -3.23. The molecule has 1 amide bonds. The number of Topliss-reactive ketones (excluding diaryl/α,β-unsaturated/α-hetero) is 1. The van der Waals surface area contributed by atoms with Crippen molar-refractivity contribution in [1.82, 2.24) is 19.7 Å². The van der Waals surface area contributed by atoms with Crippen LogP contribution in [0.5, 0.6) is 0 Å². The van der Waals surface area contributed by atoms with Gasteiger partial charge in [-0.05, 0) is 31.4 Å². The number of nitrogens with one attached hydrogen (secondary N) is 1. The van der Waals surface area contributed by atoms with Crippen molar-refractivity contribution in [2.24, 2.45) is 0 Å². The van der Waals surface area contributed by atoms with E-state index in [1.165, 1.54) is 29.1 Å². The number of hydrogen-bond acceptors (Lipinski definition) is 6. The molecule has 1 aliphatic rings. The van der Waals surface area contributed by atoms with Gasteiger partial charge in [0.05, 0.1) is 0 Å². The number of rotatable bonds is 7. The summed E-state index contributed by atoms with van der Waals surface area (Å²) in [4.78, 5) is 52.9. The first-order chi connectivity index (χ1) is 13.5. The molecule has 0 bridgehead atoms. The van der Waals surface area contributed by atoms with Crippen molar-refractivity contribution >= 4 is 17.7 Å². The van der Waals surface area contributed by atoms with Crippen LogP contribution in [0.25, 0.3) is 0 Å². The second kappa shape index (κ2) is 8.64. The largest absolute Gasteiger partial charge is 0.453 e. The fraction of sp³-hybridized carbons (Fsp3) is 0.421. The number of likely N-dealkylation sites (tertiary alicyclic amines) is 1. The molecule has 0 spiro atoms. The molecule has 28 heavy (non-hydrogen) atoms. The van der Waals surface area contributed by atoms with E-state index in [0.717, 1.165) is 12.8 Å². The first-order valence-electron chi connectivity index (χ1n) is 9.25. The molecule has 1 N–H and O–H groups in total. The Labute approximate surface area is 161 Å². The second-order valence-electron chi connectivity index (χ2n) is 6.58. The molecule has 3 heterocycles. The van der Waals surface area contributed by atoms with E-state index in [4.69, 9.17) is 4.74 Å². The summed E-state index contributed by atoms with van der Waals surface area (Å²) in [7, 11) is 0. The molecular weight excluding hydrogens is 364 g/mol. The molecule has 9 heteroatoms. The van der Waals surface area contributed by atoms with Crippen molar-refractivity contribution in [1.29, 1.82) is 0 Å². The maximum absolute atomic E-state index is 12.3. The standard InChI is InChI=1S/C19H22N4O5/c1-2-7-23-17(25)6-5-14(21-23)19(27)28-12-16(24)13-10-15(20-11-13)18(26)22-8-3-4-9-22/h5-6,10-11,20H,2-4,7-9,12H2,1H3. The van der Waals surface area contributed by atoms with E-state index >= 15 is 0 Å². The van der Waals surface area contributed by atoms with Crippen molar-refractivity contribution in [3.63, 3.8) is 0 Å². The number of H-pyrrole nitrogens is 1. The topological polar surface area (TPSA) is 114 Å². The highest BCUT2D eigenvalue weighted by Crippen LogP contribution is 2.13. The zero-order chi connectivity index (χ0) is 20.1. The lowest BCUT2D eigenvalue weighted by Gasteiger charge is -2.13. The average molecular weight is 386 g/mol. The summed E-state index contributed by atoms with van der Waals surface area (Å²) in [6.45, 7) is 3.22. The number of ether oxygens (including phenoxy) is 1. The zero-order valence-electron chi connectivity index (χ0n) is 15.6. The molecule has 148 valence electrons. The quantitative estimate of drug-likeness (QED) is 0.566. The fourth-order valence-electron chi connectivity index (χ4n) is 2.99. The van der Waals surface area contributed by atoms with Gasteiger partial charge in [0.25, 0.3) is 11.5 Å². The van der Waals surface area contributed by atoms with Gasteiger partial charge < -0.3 is 14.6 Å². The van der Waals surface area contributed by atoms with Crippen LogP contribution in [0.15, 0.2) is 29.2 Å². The maximum atomic E-state index is 12.3. The van der Waals surface area contributed by atoms with Crippen LogP contribution >= 0.6 is 0 Å². The third-order valence-corrected chi connectivity index (χ3v) is 4.47. The molecule has 0 aromatic carbocycles. The smallest absolute Gasteiger partial charge is 0.359 e. The van der Waals surface area contributed by atoms with E-state index in [2.05, 4.69) is 10.1 Å². The van der Waals surface area contributed by atoms with Crippen LogP contribution in [-0.4, -0.2) is 57.0 Å². The molecule has 0 atom stereocenters. The lowest BCUT2D eigenvalue weighted by Crippen LogP contribution is -2.27. The van der Waals surface area contributed by atoms with Crippen LogP contribution in [-0.2, 0) is 11.3 Å². The van der Waals surface area contributed by atoms with Crippen molar-refractivity contribution in [3.8, 4) is 0 Å². The first-order valence-corrected chi connectivity index (χ1v) is 9.25. The van der Waals surface area contributed by atoms with Gasteiger partial charge >= 0.3 is 5.97 Å². The number of amides is 1. The maximum Gasteiger partial charge on any atom is 0.359 e. The molecule has 0 radical (unpaired) electrons. The molecule has 0 unspecified atom stereocenters. The lowest BCUT2D eigenvalue weighted by atomic mass is 10.2. The monoisotopic (exact) mass is 386 g/mol. The van der Waals surface area contributed by atoms with E-state index in [0.29, 0.717) is 31.7 Å². The molecule has 0 saturated carbocycles. The predicted molar refractivity (Wildman–Crippen MR) is 99.3 cm³/mol. The van der Waals surface area contributed by atoms with Crippen LogP contribution in [0.2, 0.25) is 0 Å². The Morgan fingerprint density at radius 3 is 2.68 bits per heavy atom. The molecular formula is C19H22N4O5. The first kappa shape index (κ1) is 19.5. The van der Waals surface area contributed by atoms with Crippen LogP contribution in [0.1, 0.15) is 57.5 Å². The fourth-order valence-corrected chi connectivity index (χ4v) is 2.99. The Bertz CT molecular complexity index is 940. The third-order valence-electron chi connectivity index (χ3n) is 4.47. The Kier molecular flexibility index (Phi) is 6.03. The van der Waals surface area contributed by atoms with Crippen LogP contribution < -0.4 is 5.56 Å². The van der Waals surface area contributed by atoms with Gasteiger partial charge in [0.1, 0.15) is 5.69 Å². The molecule has 1 saturated heterocycles. The van der Waals surface area contributed by atoms with E-state index in [-0.39, 0.29) is 22.7 Å². The number of carbonyl (C=O) groups is 3. The van der Waals surface area contributed by atoms with Crippen molar-refractivity contribution < 1.29 is 19.1 Å². The summed E-state index contributed by atoms with van der Waals surface area (Å²) in [6.07, 6.45) is 4.08. The van der Waals surface area contributed by atoms with Crippen molar-refractivity contribution in [2.45, 2.75) is 32.7 Å². The second-order valence-corrected chi connectivity index (χ2v) is 6.58. The highest BCUT2D eigenvalue weighted by molar-refractivity contribution is 6.01. The van der Waals surface area contributed by atoms with Gasteiger partial charge in [-0.15, -0.1) is 0 Å². The number of carbonyl (C=O) groups excluding carboxylic acids is 3. The molecule has 1 fully saturated rings. The van der Waals surface area contributed by atoms with Crippen LogP contribution in [0.3, 0.4) is 0 Å². The SMILES string of the molecule is CCCn1nc(C(=O)OCC(=O)c2c[nH]c(C(=O)N3CCCC3)c2)ccc1=O. The number of aromatic nitrogens is 3. The number of ketones is 1. The van der Waals surface area contributed by atoms with E-state index in [9.17, 15) is 19.2 Å². The minimum atomic E-state index is -0.790. The number of aromatic amines is 1. The van der Waals surface area contributed by atoms with Gasteiger partial charge in [-0.25, -0.2) is 9.48 Å². The van der Waals surface area contributed by atoms with Crippen LogP contribution in [0.4, 0.5) is 0 Å². The zero-order valence-corrected chi connectivity index (χ0v) is 15.6. The summed E-state index contributed by atoms with van der Waals surface area (Å²) >= 11 is 0. The third kappa shape index (κ3) is 4.36. The molecule has 2 aromatic rings. The molecule has 3 rings (SSSR count). The number of nitrogens with zero attached hydrogens (tertiary/aromatic N) is 3. The highest BCUT2D eigenvalue weighted by Gasteiger charge is 2.22. The van der Waals surface area contributed by atoms with Gasteiger partial charge in [-0.3, -0.25) is 14.4 Å². The van der Waals surface area contributed by atoms with Gasteiger partial charge in [0.2, 0.25) is 5.78 Å². The normalized spacial score (nSPS) is 13.5. The number of hydrogen-bond donors (Lipinski definition) is 1. The molecule has 9 nitrogen and oxygen atoms in total. The lowest BCUT2D eigenvalue weighted by molar-refractivity contribution is 0.0466. The van der Waals surface area contributed by atoms with Crippen LogP contribution in [0, 0.1) is 0 Å². The predicted octanol–water partition coefficient (Wildman–Crippen LogP) is 1.26. The molecule has 1 aliphatic heterocycles. The Morgan fingerprint density at radius 2 is 1.96 bits per heavy atom. The van der Waals surface area contributed by atoms with Gasteiger partial charge in [-0.1, -0.05) is 6.92 Å².